The molecule has 0 bridgehead atoms. The first-order chi connectivity index (χ1) is 13.8. The van der Waals surface area contributed by atoms with E-state index in [0.29, 0.717) is 0 Å². The molecular weight excluding hydrogens is 346 g/mol. The summed E-state index contributed by atoms with van der Waals surface area (Å²) >= 11 is 0. The molecule has 0 atom stereocenters. The maximum atomic E-state index is 4.76. The number of rotatable bonds is 8. The molecule has 2 aromatic heterocycles. The van der Waals surface area contributed by atoms with Crippen LogP contribution in [0.4, 0.5) is 5.95 Å². The lowest BCUT2D eigenvalue weighted by Gasteiger charge is -2.06. The molecule has 0 radical (unpaired) electrons. The van der Waals surface area contributed by atoms with Gasteiger partial charge in [0.15, 0.2) is 5.82 Å². The second-order valence-electron chi connectivity index (χ2n) is 7.07. The number of hydrogen-bond acceptors (Lipinski definition) is 3. The van der Waals surface area contributed by atoms with Gasteiger partial charge in [-0.3, -0.25) is 0 Å². The quantitative estimate of drug-likeness (QED) is 0.292. The number of imidazole rings is 2. The smallest absolute Gasteiger partial charge is 0.230 e. The lowest BCUT2D eigenvalue weighted by Crippen LogP contribution is -2.01. The monoisotopic (exact) mass is 373 g/mol. The molecular formula is C23H27N5. The first-order valence-corrected chi connectivity index (χ1v) is 10.3. The van der Waals surface area contributed by atoms with Gasteiger partial charge in [-0.25, -0.2) is 15.0 Å². The van der Waals surface area contributed by atoms with Crippen molar-refractivity contribution < 1.29 is 0 Å². The highest BCUT2D eigenvalue weighted by atomic mass is 15.2. The van der Waals surface area contributed by atoms with E-state index in [2.05, 4.69) is 47.2 Å². The number of aliphatic imine (C=N–C) groups is 1. The fourth-order valence-corrected chi connectivity index (χ4v) is 3.72. The summed E-state index contributed by atoms with van der Waals surface area (Å²) in [6.45, 7) is 6.17. The highest BCUT2D eigenvalue weighted by Crippen LogP contribution is 2.23. The molecule has 0 aliphatic rings. The summed E-state index contributed by atoms with van der Waals surface area (Å²) in [5.74, 6) is 1.63. The van der Waals surface area contributed by atoms with Gasteiger partial charge >= 0.3 is 0 Å². The van der Waals surface area contributed by atoms with Crippen molar-refractivity contribution in [1.29, 1.82) is 0 Å². The summed E-state index contributed by atoms with van der Waals surface area (Å²) in [4.78, 5) is 14.3. The van der Waals surface area contributed by atoms with E-state index >= 15 is 0 Å². The van der Waals surface area contributed by atoms with Crippen LogP contribution in [0.15, 0.2) is 53.5 Å². The zero-order valence-corrected chi connectivity index (χ0v) is 16.7. The van der Waals surface area contributed by atoms with Crippen LogP contribution >= 0.6 is 0 Å². The van der Waals surface area contributed by atoms with Crippen molar-refractivity contribution in [3.8, 4) is 0 Å². The summed E-state index contributed by atoms with van der Waals surface area (Å²) in [7, 11) is 0. The average Bonchev–Trinajstić information content (AvgIpc) is 3.27. The van der Waals surface area contributed by atoms with E-state index in [4.69, 9.17) is 15.0 Å². The molecule has 4 aromatic rings. The summed E-state index contributed by atoms with van der Waals surface area (Å²) in [5.41, 5.74) is 4.28. The lowest BCUT2D eigenvalue weighted by atomic mass is 10.2. The molecule has 0 N–H and O–H groups in total. The molecule has 0 fully saturated rings. The minimum absolute atomic E-state index is 0.757. The second kappa shape index (κ2) is 8.38. The number of nitrogens with zero attached hydrogens (tertiary/aromatic N) is 5. The van der Waals surface area contributed by atoms with Gasteiger partial charge in [-0.2, -0.15) is 0 Å². The Morgan fingerprint density at radius 3 is 2.21 bits per heavy atom. The Hall–Kier alpha value is -2.95. The van der Waals surface area contributed by atoms with E-state index in [9.17, 15) is 0 Å². The second-order valence-corrected chi connectivity index (χ2v) is 7.07. The number of hydrogen-bond donors (Lipinski definition) is 0. The van der Waals surface area contributed by atoms with Crippen molar-refractivity contribution in [1.82, 2.24) is 19.1 Å². The van der Waals surface area contributed by atoms with Crippen molar-refractivity contribution in [3.05, 3.63) is 54.4 Å². The van der Waals surface area contributed by atoms with Gasteiger partial charge in [0.25, 0.3) is 0 Å². The Kier molecular flexibility index (Phi) is 5.51. The third-order valence-corrected chi connectivity index (χ3v) is 5.17. The van der Waals surface area contributed by atoms with Crippen LogP contribution in [0.1, 0.15) is 45.4 Å². The molecule has 5 heteroatoms. The maximum Gasteiger partial charge on any atom is 0.230 e. The number of fused-ring (bicyclic) bond motifs is 2. The summed E-state index contributed by atoms with van der Waals surface area (Å²) in [6, 6.07) is 16.5. The Morgan fingerprint density at radius 2 is 1.50 bits per heavy atom. The fourth-order valence-electron chi connectivity index (χ4n) is 3.72. The van der Waals surface area contributed by atoms with Gasteiger partial charge in [0.1, 0.15) is 0 Å². The number of benzene rings is 2. The summed E-state index contributed by atoms with van der Waals surface area (Å²) in [6.07, 6.45) is 6.74. The van der Waals surface area contributed by atoms with Gasteiger partial charge in [0.2, 0.25) is 5.95 Å². The van der Waals surface area contributed by atoms with Crippen LogP contribution < -0.4 is 0 Å². The Labute approximate surface area is 165 Å². The Morgan fingerprint density at radius 1 is 0.821 bits per heavy atom. The van der Waals surface area contributed by atoms with Crippen molar-refractivity contribution >= 4 is 34.2 Å². The zero-order chi connectivity index (χ0) is 19.3. The normalized spacial score (nSPS) is 11.9. The van der Waals surface area contributed by atoms with Crippen molar-refractivity contribution in [2.24, 2.45) is 4.99 Å². The van der Waals surface area contributed by atoms with Crippen LogP contribution in [-0.4, -0.2) is 25.3 Å². The molecule has 0 unspecified atom stereocenters. The predicted octanol–water partition coefficient (Wildman–Crippen LogP) is 5.74. The Balaban J connectivity index is 1.69. The van der Waals surface area contributed by atoms with E-state index < -0.39 is 0 Å². The third-order valence-electron chi connectivity index (χ3n) is 5.17. The summed E-state index contributed by atoms with van der Waals surface area (Å²) in [5, 5.41) is 0. The molecule has 2 heterocycles. The number of aromatic nitrogens is 4. The molecule has 0 spiro atoms. The van der Waals surface area contributed by atoms with Gasteiger partial charge in [0.05, 0.1) is 28.3 Å². The summed E-state index contributed by atoms with van der Waals surface area (Å²) < 4.78 is 4.42. The molecule has 28 heavy (non-hydrogen) atoms. The fraction of sp³-hybridized carbons (Fsp3) is 0.348. The molecule has 0 saturated heterocycles. The highest BCUT2D eigenvalue weighted by molar-refractivity contribution is 5.86. The van der Waals surface area contributed by atoms with Crippen LogP contribution in [0, 0.1) is 0 Å². The number of para-hydroxylation sites is 4. The van der Waals surface area contributed by atoms with E-state index in [1.165, 1.54) is 19.3 Å². The molecule has 2 aromatic carbocycles. The maximum absolute atomic E-state index is 4.76. The third kappa shape index (κ3) is 3.57. The lowest BCUT2D eigenvalue weighted by molar-refractivity contribution is 0.593. The number of aryl methyl sites for hydroxylation is 2. The van der Waals surface area contributed by atoms with Gasteiger partial charge in [-0.15, -0.1) is 0 Å². The van der Waals surface area contributed by atoms with E-state index in [0.717, 1.165) is 53.3 Å². The molecule has 0 aliphatic carbocycles. The molecule has 0 aliphatic heterocycles. The van der Waals surface area contributed by atoms with Gasteiger partial charge in [-0.1, -0.05) is 50.5 Å². The first kappa shape index (κ1) is 18.4. The van der Waals surface area contributed by atoms with Crippen LogP contribution in [0.25, 0.3) is 22.1 Å². The molecule has 0 saturated carbocycles. The van der Waals surface area contributed by atoms with Crippen LogP contribution in [-0.2, 0) is 13.1 Å². The molecule has 144 valence electrons. The topological polar surface area (TPSA) is 48.0 Å². The van der Waals surface area contributed by atoms with Gasteiger partial charge < -0.3 is 9.13 Å². The van der Waals surface area contributed by atoms with Crippen molar-refractivity contribution in [3.63, 3.8) is 0 Å². The predicted molar refractivity (Wildman–Crippen MR) is 117 cm³/mol. The highest BCUT2D eigenvalue weighted by Gasteiger charge is 2.11. The zero-order valence-electron chi connectivity index (χ0n) is 16.7. The largest absolute Gasteiger partial charge is 0.323 e. The first-order valence-electron chi connectivity index (χ1n) is 10.3. The van der Waals surface area contributed by atoms with Crippen molar-refractivity contribution in [2.45, 2.75) is 52.6 Å². The van der Waals surface area contributed by atoms with Crippen LogP contribution in [0.5, 0.6) is 0 Å². The number of unbranched alkanes of at least 4 members (excludes halogenated alkanes) is 3. The van der Waals surface area contributed by atoms with Crippen LogP contribution in [0.3, 0.4) is 0 Å². The molecule has 4 rings (SSSR count). The standard InChI is InChI=1S/C23H27N5/c1-3-5-6-11-16-28-21-15-10-8-13-19(21)26-23(28)24-17-22-25-18-12-7-9-14-20(18)27(22)4-2/h7-10,12-15,17H,3-6,11,16H2,1-2H3. The van der Waals surface area contributed by atoms with E-state index in [1.807, 2.05) is 30.5 Å². The van der Waals surface area contributed by atoms with Gasteiger partial charge in [0, 0.05) is 13.1 Å². The van der Waals surface area contributed by atoms with Crippen LogP contribution in [0.2, 0.25) is 0 Å². The molecule has 5 nitrogen and oxygen atoms in total. The average molecular weight is 374 g/mol. The minimum atomic E-state index is 0.757. The van der Waals surface area contributed by atoms with E-state index in [-0.39, 0.29) is 0 Å². The Bertz CT molecular complexity index is 1100. The van der Waals surface area contributed by atoms with E-state index in [1.54, 1.807) is 0 Å². The molecule has 0 amide bonds. The SMILES string of the molecule is CCCCCCn1c(N=Cc2nc3ccccc3n2CC)nc2ccccc21. The minimum Gasteiger partial charge on any atom is -0.323 e. The van der Waals surface area contributed by atoms with Gasteiger partial charge in [-0.05, 0) is 37.6 Å². The van der Waals surface area contributed by atoms with Crippen molar-refractivity contribution in [2.75, 3.05) is 0 Å².